The number of halogens is 4. The monoisotopic (exact) mass is 549 g/mol. The molecule has 0 aliphatic rings. The molecule has 0 saturated heterocycles. The molecule has 0 aliphatic heterocycles. The fourth-order valence-corrected chi connectivity index (χ4v) is 3.10. The highest BCUT2D eigenvalue weighted by molar-refractivity contribution is 14.0. The second kappa shape index (κ2) is 11.3. The predicted octanol–water partition coefficient (Wildman–Crippen LogP) is 4.70. The lowest BCUT2D eigenvalue weighted by Gasteiger charge is -2.13. The number of ether oxygens (including phenoxy) is 1. The van der Waals surface area contributed by atoms with Gasteiger partial charge in [-0.1, -0.05) is 23.7 Å². The van der Waals surface area contributed by atoms with E-state index in [1.54, 1.807) is 6.07 Å². The van der Waals surface area contributed by atoms with Crippen LogP contribution in [0.5, 0.6) is 5.75 Å². The van der Waals surface area contributed by atoms with Gasteiger partial charge in [0.25, 0.3) is 0 Å². The van der Waals surface area contributed by atoms with E-state index in [-0.39, 0.29) is 36.3 Å². The van der Waals surface area contributed by atoms with Crippen LogP contribution in [-0.2, 0) is 20.1 Å². The summed E-state index contributed by atoms with van der Waals surface area (Å²) in [5.74, 6) is 1.43. The lowest BCUT2D eigenvalue weighted by atomic mass is 10.2. The number of hydrogen-bond donors (Lipinski definition) is 2. The van der Waals surface area contributed by atoms with Gasteiger partial charge in [0, 0.05) is 24.2 Å². The smallest absolute Gasteiger partial charge is 0.387 e. The van der Waals surface area contributed by atoms with Crippen LogP contribution in [0.15, 0.2) is 47.5 Å². The molecular formula is C20H23ClF2IN5O. The number of nitrogens with one attached hydrogen (secondary N) is 2. The second-order valence-corrected chi connectivity index (χ2v) is 6.69. The van der Waals surface area contributed by atoms with Crippen molar-refractivity contribution >= 4 is 52.6 Å². The van der Waals surface area contributed by atoms with E-state index in [1.807, 2.05) is 42.8 Å². The molecule has 0 aliphatic carbocycles. The summed E-state index contributed by atoms with van der Waals surface area (Å²) in [5.41, 5.74) is 2.43. The molecule has 1 aromatic heterocycles. The SMILES string of the molecule is CCNC(=NCc1cc(Cl)ccc1OC(F)F)NCc1nc2ccccc2n1C.I. The van der Waals surface area contributed by atoms with E-state index >= 15 is 0 Å². The molecule has 3 rings (SSSR count). The van der Waals surface area contributed by atoms with Crippen LogP contribution >= 0.6 is 35.6 Å². The molecule has 0 bridgehead atoms. The Labute approximate surface area is 195 Å². The number of hydrogen-bond acceptors (Lipinski definition) is 3. The summed E-state index contributed by atoms with van der Waals surface area (Å²) < 4.78 is 31.8. The van der Waals surface area contributed by atoms with Crippen molar-refractivity contribution in [3.05, 3.63) is 58.9 Å². The molecule has 1 heterocycles. The van der Waals surface area contributed by atoms with Gasteiger partial charge in [0.15, 0.2) is 5.96 Å². The van der Waals surface area contributed by atoms with E-state index in [9.17, 15) is 8.78 Å². The third-order valence-corrected chi connectivity index (χ3v) is 4.52. The fourth-order valence-electron chi connectivity index (χ4n) is 2.90. The molecule has 0 radical (unpaired) electrons. The standard InChI is InChI=1S/C20H22ClF2N5O.HI/c1-3-24-20(25-11-13-10-14(21)8-9-17(13)29-19(22)23)26-12-18-27-15-6-4-5-7-16(15)28(18)2;/h4-10,19H,3,11-12H2,1-2H3,(H2,24,25,26);1H. The van der Waals surface area contributed by atoms with Crippen LogP contribution < -0.4 is 15.4 Å². The Hall–Kier alpha value is -2.14. The van der Waals surface area contributed by atoms with Gasteiger partial charge in [0.2, 0.25) is 0 Å². The summed E-state index contributed by atoms with van der Waals surface area (Å²) in [5, 5.41) is 6.77. The van der Waals surface area contributed by atoms with Crippen LogP contribution in [-0.4, -0.2) is 28.7 Å². The lowest BCUT2D eigenvalue weighted by molar-refractivity contribution is -0.0504. The molecule has 0 fully saturated rings. The Morgan fingerprint density at radius 2 is 2.00 bits per heavy atom. The minimum Gasteiger partial charge on any atom is -0.434 e. The van der Waals surface area contributed by atoms with Gasteiger partial charge in [0.1, 0.15) is 11.6 Å². The van der Waals surface area contributed by atoms with Crippen LogP contribution in [0.1, 0.15) is 18.3 Å². The molecule has 10 heteroatoms. The molecule has 2 N–H and O–H groups in total. The zero-order valence-electron chi connectivity index (χ0n) is 16.5. The highest BCUT2D eigenvalue weighted by atomic mass is 127. The number of aromatic nitrogens is 2. The summed E-state index contributed by atoms with van der Waals surface area (Å²) in [6, 6.07) is 12.4. The number of guanidine groups is 1. The lowest BCUT2D eigenvalue weighted by Crippen LogP contribution is -2.37. The summed E-state index contributed by atoms with van der Waals surface area (Å²) in [6.45, 7) is 0.247. The summed E-state index contributed by atoms with van der Waals surface area (Å²) in [7, 11) is 1.95. The van der Waals surface area contributed by atoms with Crippen LogP contribution in [0.3, 0.4) is 0 Å². The topological polar surface area (TPSA) is 63.5 Å². The van der Waals surface area contributed by atoms with Gasteiger partial charge in [-0.2, -0.15) is 8.78 Å². The maximum absolute atomic E-state index is 12.6. The van der Waals surface area contributed by atoms with Crippen LogP contribution in [0.25, 0.3) is 11.0 Å². The van der Waals surface area contributed by atoms with Crippen LogP contribution in [0.2, 0.25) is 5.02 Å². The molecule has 0 spiro atoms. The van der Waals surface area contributed by atoms with Crippen LogP contribution in [0, 0.1) is 0 Å². The van der Waals surface area contributed by atoms with Gasteiger partial charge in [-0.3, -0.25) is 0 Å². The molecule has 0 saturated carbocycles. The maximum atomic E-state index is 12.6. The third kappa shape index (κ3) is 6.18. The van der Waals surface area contributed by atoms with Gasteiger partial charge >= 0.3 is 6.61 Å². The molecular weight excluding hydrogens is 527 g/mol. The summed E-state index contributed by atoms with van der Waals surface area (Å²) >= 11 is 5.99. The average molecular weight is 550 g/mol. The Morgan fingerprint density at radius 1 is 1.23 bits per heavy atom. The van der Waals surface area contributed by atoms with Crippen molar-refractivity contribution in [2.24, 2.45) is 12.0 Å². The first-order valence-corrected chi connectivity index (χ1v) is 9.51. The first-order valence-electron chi connectivity index (χ1n) is 9.13. The number of imidazole rings is 1. The van der Waals surface area contributed by atoms with Crippen molar-refractivity contribution in [3.8, 4) is 5.75 Å². The van der Waals surface area contributed by atoms with E-state index in [1.165, 1.54) is 12.1 Å². The van der Waals surface area contributed by atoms with Crippen molar-refractivity contribution in [3.63, 3.8) is 0 Å². The molecule has 0 amide bonds. The van der Waals surface area contributed by atoms with Gasteiger partial charge < -0.3 is 19.9 Å². The van der Waals surface area contributed by atoms with E-state index < -0.39 is 6.61 Å². The van der Waals surface area contributed by atoms with Crippen molar-refractivity contribution in [1.29, 1.82) is 0 Å². The van der Waals surface area contributed by atoms with E-state index in [0.717, 1.165) is 16.9 Å². The maximum Gasteiger partial charge on any atom is 0.387 e. The molecule has 0 unspecified atom stereocenters. The highest BCUT2D eigenvalue weighted by Crippen LogP contribution is 2.25. The largest absolute Gasteiger partial charge is 0.434 e. The molecule has 162 valence electrons. The van der Waals surface area contributed by atoms with Crippen molar-refractivity contribution < 1.29 is 13.5 Å². The minimum absolute atomic E-state index is 0. The number of aryl methyl sites for hydroxylation is 1. The number of nitrogens with zero attached hydrogens (tertiary/aromatic N) is 3. The summed E-state index contributed by atoms with van der Waals surface area (Å²) in [4.78, 5) is 9.08. The van der Waals surface area contributed by atoms with E-state index in [4.69, 9.17) is 11.6 Å². The Balaban J connectivity index is 0.00000320. The average Bonchev–Trinajstić information content (AvgIpc) is 3.01. The van der Waals surface area contributed by atoms with Gasteiger partial charge in [-0.15, -0.1) is 24.0 Å². The second-order valence-electron chi connectivity index (χ2n) is 6.26. The Kier molecular flexibility index (Phi) is 9.09. The number of aliphatic imine (C=N–C) groups is 1. The van der Waals surface area contributed by atoms with Crippen molar-refractivity contribution in [2.75, 3.05) is 6.54 Å². The van der Waals surface area contributed by atoms with Crippen molar-refractivity contribution in [1.82, 2.24) is 20.2 Å². The first kappa shape index (κ1) is 24.1. The predicted molar refractivity (Wildman–Crippen MR) is 126 cm³/mol. The highest BCUT2D eigenvalue weighted by Gasteiger charge is 2.11. The number of benzene rings is 2. The zero-order valence-corrected chi connectivity index (χ0v) is 19.6. The van der Waals surface area contributed by atoms with E-state index in [2.05, 4.69) is 25.3 Å². The number of rotatable bonds is 7. The minimum atomic E-state index is -2.91. The summed E-state index contributed by atoms with van der Waals surface area (Å²) in [6.07, 6.45) is 0. The third-order valence-electron chi connectivity index (χ3n) is 4.28. The van der Waals surface area contributed by atoms with Gasteiger partial charge in [-0.25, -0.2) is 9.98 Å². The zero-order chi connectivity index (χ0) is 20.8. The Bertz CT molecular complexity index is 1010. The van der Waals surface area contributed by atoms with Crippen LogP contribution in [0.4, 0.5) is 8.78 Å². The normalized spacial score (nSPS) is 11.5. The Morgan fingerprint density at radius 3 is 2.70 bits per heavy atom. The molecule has 0 atom stereocenters. The number of alkyl halides is 2. The van der Waals surface area contributed by atoms with Gasteiger partial charge in [-0.05, 0) is 37.3 Å². The molecule has 6 nitrogen and oxygen atoms in total. The van der Waals surface area contributed by atoms with E-state index in [0.29, 0.717) is 29.6 Å². The number of fused-ring (bicyclic) bond motifs is 1. The molecule has 30 heavy (non-hydrogen) atoms. The molecule has 3 aromatic rings. The van der Waals surface area contributed by atoms with Gasteiger partial charge in [0.05, 0.1) is 24.1 Å². The van der Waals surface area contributed by atoms with Crippen molar-refractivity contribution in [2.45, 2.75) is 26.6 Å². The molecule has 2 aromatic carbocycles. The first-order chi connectivity index (χ1) is 14.0. The quantitative estimate of drug-likeness (QED) is 0.255. The number of para-hydroxylation sites is 2. The fraction of sp³-hybridized carbons (Fsp3) is 0.300.